The van der Waals surface area contributed by atoms with E-state index in [9.17, 15) is 4.79 Å². The fourth-order valence-electron chi connectivity index (χ4n) is 1.84. The molecule has 15 heavy (non-hydrogen) atoms. The van der Waals surface area contributed by atoms with Crippen LogP contribution in [0.4, 0.5) is 0 Å². The van der Waals surface area contributed by atoms with E-state index < -0.39 is 0 Å². The molecule has 0 spiro atoms. The van der Waals surface area contributed by atoms with Gasteiger partial charge in [0.05, 0.1) is 0 Å². The molecule has 0 bridgehead atoms. The molecule has 0 aliphatic carbocycles. The maximum Gasteiger partial charge on any atom is 0.270 e. The first-order chi connectivity index (χ1) is 6.99. The van der Waals surface area contributed by atoms with Crippen molar-refractivity contribution in [3.05, 3.63) is 21.6 Å². The minimum Gasteiger partial charge on any atom is -0.299 e. The molecule has 0 unspecified atom stereocenters. The van der Waals surface area contributed by atoms with Gasteiger partial charge in [-0.2, -0.15) is 0 Å². The van der Waals surface area contributed by atoms with Gasteiger partial charge in [0.15, 0.2) is 0 Å². The van der Waals surface area contributed by atoms with Gasteiger partial charge in [0.25, 0.3) is 5.56 Å². The highest BCUT2D eigenvalue weighted by Crippen LogP contribution is 2.17. The minimum absolute atomic E-state index is 0.163. The Labute approximate surface area is 91.5 Å². The maximum absolute atomic E-state index is 12.1. The first-order valence-corrected chi connectivity index (χ1v) is 5.82. The molecule has 0 atom stereocenters. The van der Waals surface area contributed by atoms with Crippen molar-refractivity contribution in [3.63, 3.8) is 0 Å². The van der Waals surface area contributed by atoms with Crippen LogP contribution in [0.15, 0.2) is 4.79 Å². The number of rotatable bonds is 4. The lowest BCUT2D eigenvalue weighted by Gasteiger charge is -2.06. The van der Waals surface area contributed by atoms with Crippen LogP contribution in [0.25, 0.3) is 0 Å². The highest BCUT2D eigenvalue weighted by molar-refractivity contribution is 5.20. The molecule has 1 N–H and O–H groups in total. The molecular formula is C12H22N2O. The summed E-state index contributed by atoms with van der Waals surface area (Å²) < 4.78 is 1.74. The number of aromatic amines is 1. The maximum atomic E-state index is 12.1. The average molecular weight is 210 g/mol. The van der Waals surface area contributed by atoms with Crippen LogP contribution in [0.1, 0.15) is 64.3 Å². The zero-order chi connectivity index (χ0) is 11.6. The lowest BCUT2D eigenvalue weighted by Crippen LogP contribution is -2.20. The number of hydrogen-bond donors (Lipinski definition) is 1. The van der Waals surface area contributed by atoms with E-state index in [1.54, 1.807) is 4.68 Å². The lowest BCUT2D eigenvalue weighted by molar-refractivity contribution is 0.508. The van der Waals surface area contributed by atoms with Crippen molar-refractivity contribution in [1.82, 2.24) is 9.78 Å². The summed E-state index contributed by atoms with van der Waals surface area (Å²) >= 11 is 0. The molecular weight excluding hydrogens is 188 g/mol. The third-order valence-electron chi connectivity index (χ3n) is 2.64. The second-order valence-electron chi connectivity index (χ2n) is 4.68. The molecule has 0 amide bonds. The Kier molecular flexibility index (Phi) is 3.77. The normalized spacial score (nSPS) is 11.7. The second kappa shape index (κ2) is 4.69. The predicted octanol–water partition coefficient (Wildman–Crippen LogP) is 2.83. The minimum atomic E-state index is 0.163. The molecule has 3 nitrogen and oxygen atoms in total. The molecule has 0 saturated carbocycles. The number of H-pyrrole nitrogens is 1. The summed E-state index contributed by atoms with van der Waals surface area (Å²) in [5.41, 5.74) is 2.24. The van der Waals surface area contributed by atoms with E-state index in [0.29, 0.717) is 5.92 Å². The molecule has 1 heterocycles. The third kappa shape index (κ3) is 2.33. The van der Waals surface area contributed by atoms with Crippen LogP contribution in [0.3, 0.4) is 0 Å². The van der Waals surface area contributed by atoms with Crippen LogP contribution in [0.2, 0.25) is 0 Å². The van der Waals surface area contributed by atoms with Crippen molar-refractivity contribution in [1.29, 1.82) is 0 Å². The van der Waals surface area contributed by atoms with E-state index in [4.69, 9.17) is 0 Å². The number of aromatic nitrogens is 2. The topological polar surface area (TPSA) is 37.8 Å². The predicted molar refractivity (Wildman–Crippen MR) is 63.5 cm³/mol. The number of nitrogens with one attached hydrogen (secondary N) is 1. The van der Waals surface area contributed by atoms with Gasteiger partial charge in [-0.25, -0.2) is 0 Å². The summed E-state index contributed by atoms with van der Waals surface area (Å²) in [5.74, 6) is 0.388. The van der Waals surface area contributed by atoms with E-state index in [0.717, 1.165) is 24.1 Å². The van der Waals surface area contributed by atoms with Gasteiger partial charge < -0.3 is 0 Å². The Hall–Kier alpha value is -0.990. The zero-order valence-corrected chi connectivity index (χ0v) is 10.4. The number of hydrogen-bond acceptors (Lipinski definition) is 1. The Morgan fingerprint density at radius 1 is 1.27 bits per heavy atom. The zero-order valence-electron chi connectivity index (χ0n) is 10.4. The van der Waals surface area contributed by atoms with Crippen LogP contribution in [-0.4, -0.2) is 9.78 Å². The molecule has 86 valence electrons. The van der Waals surface area contributed by atoms with Crippen LogP contribution < -0.4 is 5.56 Å². The van der Waals surface area contributed by atoms with Gasteiger partial charge in [-0.1, -0.05) is 27.2 Å². The first kappa shape index (κ1) is 12.1. The quantitative estimate of drug-likeness (QED) is 0.815. The van der Waals surface area contributed by atoms with Gasteiger partial charge in [0.1, 0.15) is 0 Å². The SMILES string of the molecule is CCCc1c(C(C)C)[nH]n(C(C)C)c1=O. The van der Waals surface area contributed by atoms with Gasteiger partial charge in [-0.3, -0.25) is 14.6 Å². The van der Waals surface area contributed by atoms with Crippen molar-refractivity contribution in [2.24, 2.45) is 0 Å². The molecule has 0 aliphatic heterocycles. The van der Waals surface area contributed by atoms with Crippen molar-refractivity contribution in [3.8, 4) is 0 Å². The molecule has 0 aliphatic rings. The number of nitrogens with zero attached hydrogens (tertiary/aromatic N) is 1. The van der Waals surface area contributed by atoms with Crippen LogP contribution >= 0.6 is 0 Å². The summed E-state index contributed by atoms with van der Waals surface area (Å²) in [4.78, 5) is 12.1. The van der Waals surface area contributed by atoms with Gasteiger partial charge in [-0.15, -0.1) is 0 Å². The summed E-state index contributed by atoms with van der Waals surface area (Å²) in [6.07, 6.45) is 1.90. The summed E-state index contributed by atoms with van der Waals surface area (Å²) in [6.45, 7) is 10.4. The molecule has 1 aromatic rings. The molecule has 0 aromatic carbocycles. The summed E-state index contributed by atoms with van der Waals surface area (Å²) in [7, 11) is 0. The van der Waals surface area contributed by atoms with Gasteiger partial charge in [0.2, 0.25) is 0 Å². The van der Waals surface area contributed by atoms with E-state index in [1.807, 2.05) is 13.8 Å². The highest BCUT2D eigenvalue weighted by Gasteiger charge is 2.16. The average Bonchev–Trinajstić information content (AvgIpc) is 2.45. The molecule has 0 saturated heterocycles. The van der Waals surface area contributed by atoms with Gasteiger partial charge in [0, 0.05) is 17.3 Å². The second-order valence-corrected chi connectivity index (χ2v) is 4.68. The van der Waals surface area contributed by atoms with E-state index >= 15 is 0 Å². The van der Waals surface area contributed by atoms with Crippen molar-refractivity contribution in [2.75, 3.05) is 0 Å². The molecule has 0 fully saturated rings. The fourth-order valence-corrected chi connectivity index (χ4v) is 1.84. The monoisotopic (exact) mass is 210 g/mol. The standard InChI is InChI=1S/C12H22N2O/c1-6-7-10-11(8(2)3)13-14(9(4)5)12(10)15/h8-9,13H,6-7H2,1-5H3. The molecule has 0 radical (unpaired) electrons. The Balaban J connectivity index is 3.26. The van der Waals surface area contributed by atoms with Gasteiger partial charge >= 0.3 is 0 Å². The van der Waals surface area contributed by atoms with Crippen molar-refractivity contribution in [2.45, 2.75) is 59.4 Å². The highest BCUT2D eigenvalue weighted by atomic mass is 16.1. The summed E-state index contributed by atoms with van der Waals surface area (Å²) in [5, 5.41) is 3.24. The van der Waals surface area contributed by atoms with E-state index in [1.165, 1.54) is 0 Å². The molecule has 1 rings (SSSR count). The first-order valence-electron chi connectivity index (χ1n) is 5.82. The lowest BCUT2D eigenvalue weighted by atomic mass is 10.0. The molecule has 1 aromatic heterocycles. The molecule has 3 heteroatoms. The largest absolute Gasteiger partial charge is 0.299 e. The van der Waals surface area contributed by atoms with Crippen molar-refractivity contribution >= 4 is 0 Å². The van der Waals surface area contributed by atoms with Crippen LogP contribution in [-0.2, 0) is 6.42 Å². The smallest absolute Gasteiger partial charge is 0.270 e. The Morgan fingerprint density at radius 3 is 2.27 bits per heavy atom. The van der Waals surface area contributed by atoms with Gasteiger partial charge in [-0.05, 0) is 26.2 Å². The fraction of sp³-hybridized carbons (Fsp3) is 0.750. The van der Waals surface area contributed by atoms with Crippen LogP contribution in [0.5, 0.6) is 0 Å². The van der Waals surface area contributed by atoms with Crippen LogP contribution in [0, 0.1) is 0 Å². The van der Waals surface area contributed by atoms with E-state index in [-0.39, 0.29) is 11.6 Å². The third-order valence-corrected chi connectivity index (χ3v) is 2.64. The summed E-state index contributed by atoms with van der Waals surface area (Å²) in [6, 6.07) is 0.209. The Bertz CT molecular complexity index is 371. The van der Waals surface area contributed by atoms with E-state index in [2.05, 4.69) is 25.9 Å². The Morgan fingerprint density at radius 2 is 1.87 bits per heavy atom. The van der Waals surface area contributed by atoms with Crippen molar-refractivity contribution < 1.29 is 0 Å².